The fourth-order valence-electron chi connectivity index (χ4n) is 1.31. The Morgan fingerprint density at radius 1 is 1.36 bits per heavy atom. The van der Waals surface area contributed by atoms with Crippen LogP contribution in [0.4, 0.5) is 0 Å². The lowest BCUT2D eigenvalue weighted by atomic mass is 9.95. The SMILES string of the molecule is CCC(C)(O)C(O)C(=O)NCCC(=O)NCCS(=O)(=S)OO. The molecule has 22 heavy (non-hydrogen) atoms. The molecule has 0 bridgehead atoms. The van der Waals surface area contributed by atoms with Gasteiger partial charge < -0.3 is 20.8 Å². The van der Waals surface area contributed by atoms with Crippen LogP contribution in [0.1, 0.15) is 26.7 Å². The summed E-state index contributed by atoms with van der Waals surface area (Å²) in [6.45, 7) is 2.86. The Labute approximate surface area is 133 Å². The second kappa shape index (κ2) is 9.33. The molecular weight excluding hydrogens is 336 g/mol. The van der Waals surface area contributed by atoms with E-state index < -0.39 is 32.3 Å². The fourth-order valence-corrected chi connectivity index (χ4v) is 1.99. The van der Waals surface area contributed by atoms with Gasteiger partial charge in [-0.15, -0.1) is 4.33 Å². The number of rotatable bonds is 10. The minimum Gasteiger partial charge on any atom is -0.387 e. The molecule has 2 amide bonds. The van der Waals surface area contributed by atoms with Gasteiger partial charge in [0, 0.05) is 30.7 Å². The first-order valence-electron chi connectivity index (χ1n) is 6.56. The molecule has 0 rings (SSSR count). The number of aliphatic hydroxyl groups excluding tert-OH is 1. The summed E-state index contributed by atoms with van der Waals surface area (Å²) in [5.41, 5.74) is -1.54. The summed E-state index contributed by atoms with van der Waals surface area (Å²) in [6, 6.07) is 0. The molecule has 5 N–H and O–H groups in total. The topological polar surface area (TPSA) is 145 Å². The molecule has 0 aromatic rings. The van der Waals surface area contributed by atoms with Crippen LogP contribution in [0.2, 0.25) is 0 Å². The van der Waals surface area contributed by atoms with E-state index in [2.05, 4.69) is 26.2 Å². The molecule has 130 valence electrons. The summed E-state index contributed by atoms with van der Waals surface area (Å²) < 4.78 is 14.7. The molecule has 0 aliphatic rings. The monoisotopic (exact) mass is 358 g/mol. The molecule has 0 aliphatic carbocycles. The lowest BCUT2D eigenvalue weighted by molar-refractivity contribution is -0.144. The van der Waals surface area contributed by atoms with Gasteiger partial charge >= 0.3 is 0 Å². The van der Waals surface area contributed by atoms with Crippen molar-refractivity contribution < 1.29 is 33.6 Å². The molecule has 0 saturated heterocycles. The second-order valence-electron chi connectivity index (χ2n) is 4.84. The molecule has 0 aliphatic heterocycles. The van der Waals surface area contributed by atoms with Gasteiger partial charge in [-0.05, 0) is 13.3 Å². The van der Waals surface area contributed by atoms with Crippen molar-refractivity contribution >= 4 is 31.8 Å². The zero-order valence-corrected chi connectivity index (χ0v) is 14.0. The number of amides is 2. The summed E-state index contributed by atoms with van der Waals surface area (Å²) >= 11 is 4.39. The van der Waals surface area contributed by atoms with E-state index >= 15 is 0 Å². The van der Waals surface area contributed by atoms with Gasteiger partial charge in [-0.25, -0.2) is 9.47 Å². The standard InChI is InChI=1S/C11H22N2O7S2/c1-3-11(2,17)9(15)10(16)13-5-4-8(14)12-6-7-22(19,21)20-18/h9,15,17-18H,3-7H2,1-2H3,(H,12,14)(H,13,16). The van der Waals surface area contributed by atoms with Crippen LogP contribution >= 0.6 is 0 Å². The Bertz CT molecular complexity index is 479. The largest absolute Gasteiger partial charge is 0.387 e. The lowest BCUT2D eigenvalue weighted by Gasteiger charge is -2.26. The Kier molecular flexibility index (Phi) is 8.96. The minimum atomic E-state index is -3.24. The van der Waals surface area contributed by atoms with Crippen LogP contribution < -0.4 is 10.6 Å². The molecule has 0 heterocycles. The molecule has 9 nitrogen and oxygen atoms in total. The van der Waals surface area contributed by atoms with E-state index in [1.807, 2.05) is 0 Å². The molecule has 0 radical (unpaired) electrons. The predicted octanol–water partition coefficient (Wildman–Crippen LogP) is -1.72. The highest BCUT2D eigenvalue weighted by Crippen LogP contribution is 2.14. The summed E-state index contributed by atoms with van der Waals surface area (Å²) in [7, 11) is -3.24. The molecule has 0 aromatic heterocycles. The van der Waals surface area contributed by atoms with E-state index in [-0.39, 0.29) is 31.7 Å². The van der Waals surface area contributed by atoms with Crippen LogP contribution in [0.5, 0.6) is 0 Å². The third-order valence-corrected chi connectivity index (χ3v) is 4.61. The van der Waals surface area contributed by atoms with Crippen LogP contribution in [0.25, 0.3) is 0 Å². The highest BCUT2D eigenvalue weighted by molar-refractivity contribution is 8.30. The Hall–Kier alpha value is -0.850. The normalized spacial score (nSPS) is 17.9. The van der Waals surface area contributed by atoms with Crippen LogP contribution in [-0.2, 0) is 33.9 Å². The number of aliphatic hydroxyl groups is 2. The molecule has 3 atom stereocenters. The number of nitrogens with one attached hydrogen (secondary N) is 2. The Morgan fingerprint density at radius 2 is 1.95 bits per heavy atom. The molecule has 0 spiro atoms. The maximum absolute atomic E-state index is 11.6. The average molecular weight is 358 g/mol. The van der Waals surface area contributed by atoms with Crippen molar-refractivity contribution in [2.75, 3.05) is 18.8 Å². The van der Waals surface area contributed by atoms with Crippen LogP contribution in [0, 0.1) is 0 Å². The smallest absolute Gasteiger partial charge is 0.251 e. The molecule has 0 aromatic carbocycles. The maximum Gasteiger partial charge on any atom is 0.251 e. The van der Waals surface area contributed by atoms with Crippen molar-refractivity contribution in [3.8, 4) is 0 Å². The quantitative estimate of drug-likeness (QED) is 0.229. The van der Waals surface area contributed by atoms with E-state index in [4.69, 9.17) is 5.26 Å². The maximum atomic E-state index is 11.6. The van der Waals surface area contributed by atoms with Crippen molar-refractivity contribution in [1.29, 1.82) is 0 Å². The lowest BCUT2D eigenvalue weighted by Crippen LogP contribution is -2.49. The molecule has 0 fully saturated rings. The van der Waals surface area contributed by atoms with Gasteiger partial charge in [0.1, 0.15) is 0 Å². The van der Waals surface area contributed by atoms with Crippen molar-refractivity contribution in [3.63, 3.8) is 0 Å². The predicted molar refractivity (Wildman–Crippen MR) is 81.6 cm³/mol. The molecular formula is C11H22N2O7S2. The highest BCUT2D eigenvalue weighted by Gasteiger charge is 2.33. The van der Waals surface area contributed by atoms with Gasteiger partial charge in [0.15, 0.2) is 14.9 Å². The Morgan fingerprint density at radius 3 is 2.45 bits per heavy atom. The summed E-state index contributed by atoms with van der Waals surface area (Å²) in [4.78, 5) is 23.0. The van der Waals surface area contributed by atoms with Crippen molar-refractivity contribution in [3.05, 3.63) is 0 Å². The van der Waals surface area contributed by atoms with Crippen LogP contribution in [-0.4, -0.2) is 62.0 Å². The van der Waals surface area contributed by atoms with Crippen molar-refractivity contribution in [2.24, 2.45) is 0 Å². The molecule has 0 saturated carbocycles. The fraction of sp³-hybridized carbons (Fsp3) is 0.818. The summed E-state index contributed by atoms with van der Waals surface area (Å²) in [5, 5.41) is 32.3. The Balaban J connectivity index is 4.01. The number of carbonyl (C=O) groups excluding carboxylic acids is 2. The van der Waals surface area contributed by atoms with Gasteiger partial charge in [0.05, 0.1) is 11.4 Å². The highest BCUT2D eigenvalue weighted by atomic mass is 32.8. The van der Waals surface area contributed by atoms with E-state index in [1.165, 1.54) is 6.92 Å². The summed E-state index contributed by atoms with van der Waals surface area (Å²) in [5.74, 6) is -1.45. The number of hydrogen-bond donors (Lipinski definition) is 5. The van der Waals surface area contributed by atoms with Gasteiger partial charge in [-0.2, -0.15) is 0 Å². The summed E-state index contributed by atoms with van der Waals surface area (Å²) in [6.07, 6.45) is -1.48. The first-order chi connectivity index (χ1) is 10.1. The minimum absolute atomic E-state index is 0.0404. The van der Waals surface area contributed by atoms with E-state index in [0.717, 1.165) is 0 Å². The van der Waals surface area contributed by atoms with Gasteiger partial charge in [0.25, 0.3) is 5.91 Å². The third kappa shape index (κ3) is 7.96. The van der Waals surface area contributed by atoms with Crippen molar-refractivity contribution in [1.82, 2.24) is 10.6 Å². The third-order valence-electron chi connectivity index (χ3n) is 2.99. The first kappa shape index (κ1) is 21.1. The van der Waals surface area contributed by atoms with E-state index in [0.29, 0.717) is 0 Å². The first-order valence-corrected chi connectivity index (χ1v) is 9.14. The average Bonchev–Trinajstić information content (AvgIpc) is 2.46. The van der Waals surface area contributed by atoms with Crippen LogP contribution in [0.15, 0.2) is 0 Å². The van der Waals surface area contributed by atoms with E-state index in [9.17, 15) is 24.0 Å². The van der Waals surface area contributed by atoms with Gasteiger partial charge in [-0.1, -0.05) is 6.92 Å². The van der Waals surface area contributed by atoms with Gasteiger partial charge in [-0.3, -0.25) is 9.59 Å². The number of hydrogen-bond acceptors (Lipinski definition) is 8. The van der Waals surface area contributed by atoms with E-state index in [1.54, 1.807) is 6.92 Å². The van der Waals surface area contributed by atoms with Gasteiger partial charge in [0.2, 0.25) is 5.91 Å². The van der Waals surface area contributed by atoms with Crippen LogP contribution in [0.3, 0.4) is 0 Å². The zero-order valence-electron chi connectivity index (χ0n) is 12.4. The molecule has 3 unspecified atom stereocenters. The number of carbonyl (C=O) groups is 2. The van der Waals surface area contributed by atoms with Crippen molar-refractivity contribution in [2.45, 2.75) is 38.4 Å². The zero-order chi connectivity index (χ0) is 17.4. The molecule has 11 heteroatoms. The second-order valence-corrected chi connectivity index (χ2v) is 8.04.